The van der Waals surface area contributed by atoms with E-state index < -0.39 is 0 Å². The van der Waals surface area contributed by atoms with Gasteiger partial charge >= 0.3 is 0 Å². The Bertz CT molecular complexity index is 926. The molecule has 3 rings (SSSR count). The summed E-state index contributed by atoms with van der Waals surface area (Å²) >= 11 is 0. The van der Waals surface area contributed by atoms with E-state index in [-0.39, 0.29) is 5.91 Å². The zero-order valence-corrected chi connectivity index (χ0v) is 15.7. The lowest BCUT2D eigenvalue weighted by Gasteiger charge is -2.19. The third-order valence-electron chi connectivity index (χ3n) is 4.05. The summed E-state index contributed by atoms with van der Waals surface area (Å²) in [6, 6.07) is 5.54. The lowest BCUT2D eigenvalue weighted by molar-refractivity contribution is 0.0778. The van der Waals surface area contributed by atoms with Crippen molar-refractivity contribution in [1.29, 1.82) is 0 Å². The van der Waals surface area contributed by atoms with Crippen molar-refractivity contribution in [3.05, 3.63) is 47.6 Å². The summed E-state index contributed by atoms with van der Waals surface area (Å²) in [6.07, 6.45) is 3.23. The van der Waals surface area contributed by atoms with Crippen LogP contribution in [-0.4, -0.2) is 44.1 Å². The minimum absolute atomic E-state index is 0.0553. The maximum absolute atomic E-state index is 12.7. The Morgan fingerprint density at radius 1 is 1.27 bits per heavy atom. The molecule has 0 N–H and O–H groups in total. The smallest absolute Gasteiger partial charge is 0.257 e. The summed E-state index contributed by atoms with van der Waals surface area (Å²) in [5.74, 6) is 2.23. The first-order chi connectivity index (χ1) is 12.4. The van der Waals surface area contributed by atoms with E-state index in [9.17, 15) is 4.79 Å². The molecule has 0 aliphatic rings. The topological polar surface area (TPSA) is 77.1 Å². The van der Waals surface area contributed by atoms with E-state index in [1.807, 2.05) is 26.0 Å². The molecule has 7 nitrogen and oxygen atoms in total. The van der Waals surface area contributed by atoms with Gasteiger partial charge in [-0.05, 0) is 38.0 Å². The largest absolute Gasteiger partial charge is 0.460 e. The molecule has 0 bridgehead atoms. The lowest BCUT2D eigenvalue weighted by Crippen LogP contribution is -2.30. The average Bonchev–Trinajstić information content (AvgIpc) is 3.19. The molecule has 3 aromatic heterocycles. The van der Waals surface area contributed by atoms with Gasteiger partial charge in [-0.15, -0.1) is 0 Å². The van der Waals surface area contributed by atoms with E-state index in [2.05, 4.69) is 28.9 Å². The molecule has 0 aliphatic heterocycles. The molecule has 1 amide bonds. The van der Waals surface area contributed by atoms with Crippen LogP contribution in [0.1, 0.15) is 35.7 Å². The lowest BCUT2D eigenvalue weighted by atomic mass is 10.2. The van der Waals surface area contributed by atoms with Crippen LogP contribution in [0.2, 0.25) is 0 Å². The van der Waals surface area contributed by atoms with E-state index in [0.29, 0.717) is 41.1 Å². The van der Waals surface area contributed by atoms with Crippen LogP contribution in [-0.2, 0) is 0 Å². The highest BCUT2D eigenvalue weighted by Gasteiger charge is 2.20. The third kappa shape index (κ3) is 3.51. The van der Waals surface area contributed by atoms with E-state index >= 15 is 0 Å². The highest BCUT2D eigenvalue weighted by atomic mass is 16.3. The van der Waals surface area contributed by atoms with Gasteiger partial charge in [0, 0.05) is 19.8 Å². The van der Waals surface area contributed by atoms with Gasteiger partial charge in [-0.25, -0.2) is 14.6 Å². The van der Waals surface area contributed by atoms with Crippen LogP contribution >= 0.6 is 0 Å². The van der Waals surface area contributed by atoms with Gasteiger partial charge in [0.25, 0.3) is 11.9 Å². The summed E-state index contributed by atoms with van der Waals surface area (Å²) in [5.41, 5.74) is 1.93. The summed E-state index contributed by atoms with van der Waals surface area (Å²) in [4.78, 5) is 23.2. The summed E-state index contributed by atoms with van der Waals surface area (Å²) in [6.45, 7) is 8.57. The molecule has 3 aromatic rings. The van der Waals surface area contributed by atoms with Crippen LogP contribution in [0.3, 0.4) is 0 Å². The van der Waals surface area contributed by atoms with Gasteiger partial charge in [-0.1, -0.05) is 13.8 Å². The molecule has 7 heteroatoms. The van der Waals surface area contributed by atoms with Crippen molar-refractivity contribution in [2.24, 2.45) is 5.92 Å². The Morgan fingerprint density at radius 2 is 2.04 bits per heavy atom. The fourth-order valence-electron chi connectivity index (χ4n) is 2.82. The molecule has 136 valence electrons. The maximum atomic E-state index is 12.7. The Morgan fingerprint density at radius 3 is 2.69 bits per heavy atom. The Hall–Kier alpha value is -2.96. The highest BCUT2D eigenvalue weighted by molar-refractivity contribution is 5.95. The Kier molecular flexibility index (Phi) is 4.88. The zero-order valence-electron chi connectivity index (χ0n) is 15.7. The van der Waals surface area contributed by atoms with Crippen molar-refractivity contribution in [3.8, 4) is 17.4 Å². The van der Waals surface area contributed by atoms with Crippen molar-refractivity contribution < 1.29 is 9.21 Å². The zero-order chi connectivity index (χ0) is 18.8. The molecular formula is C19H23N5O2. The minimum Gasteiger partial charge on any atom is -0.460 e. The normalized spacial score (nSPS) is 11.2. The quantitative estimate of drug-likeness (QED) is 0.703. The summed E-state index contributed by atoms with van der Waals surface area (Å²) in [5, 5.41) is 4.32. The molecule has 26 heavy (non-hydrogen) atoms. The van der Waals surface area contributed by atoms with Crippen molar-refractivity contribution >= 4 is 5.91 Å². The summed E-state index contributed by atoms with van der Waals surface area (Å²) in [7, 11) is 1.80. The number of carbonyl (C=O) groups is 1. The summed E-state index contributed by atoms with van der Waals surface area (Å²) < 4.78 is 7.20. The van der Waals surface area contributed by atoms with Gasteiger partial charge in [0.1, 0.15) is 11.5 Å². The highest BCUT2D eigenvalue weighted by Crippen LogP contribution is 2.21. The molecule has 0 fully saturated rings. The number of nitrogens with zero attached hydrogens (tertiary/aromatic N) is 5. The first kappa shape index (κ1) is 17.8. The maximum Gasteiger partial charge on any atom is 0.257 e. The second-order valence-electron chi connectivity index (χ2n) is 6.79. The second-order valence-corrected chi connectivity index (χ2v) is 6.79. The molecule has 0 unspecified atom stereocenters. The predicted molar refractivity (Wildman–Crippen MR) is 98.1 cm³/mol. The molecule has 0 aromatic carbocycles. The molecule has 0 aliphatic carbocycles. The van der Waals surface area contributed by atoms with E-state index in [1.54, 1.807) is 35.1 Å². The van der Waals surface area contributed by atoms with E-state index in [4.69, 9.17) is 4.42 Å². The van der Waals surface area contributed by atoms with Crippen molar-refractivity contribution in [2.75, 3.05) is 13.6 Å². The van der Waals surface area contributed by atoms with Gasteiger partial charge in [0.2, 0.25) is 0 Å². The number of furan rings is 1. The SMILES string of the molecule is Cc1ccc(-c2ccnc(-n3ncc(C(=O)N(C)CC(C)C)c3C)n2)o1. The van der Waals surface area contributed by atoms with Crippen molar-refractivity contribution in [3.63, 3.8) is 0 Å². The van der Waals surface area contributed by atoms with Crippen molar-refractivity contribution in [1.82, 2.24) is 24.6 Å². The first-order valence-electron chi connectivity index (χ1n) is 8.57. The van der Waals surface area contributed by atoms with Crippen LogP contribution in [0.15, 0.2) is 35.0 Å². The number of hydrogen-bond acceptors (Lipinski definition) is 5. The molecule has 0 saturated heterocycles. The van der Waals surface area contributed by atoms with Crippen LogP contribution in [0.5, 0.6) is 0 Å². The molecule has 0 radical (unpaired) electrons. The molecular weight excluding hydrogens is 330 g/mol. The van der Waals surface area contributed by atoms with Crippen LogP contribution in [0.25, 0.3) is 17.4 Å². The minimum atomic E-state index is -0.0553. The fourth-order valence-corrected chi connectivity index (χ4v) is 2.82. The van der Waals surface area contributed by atoms with Gasteiger partial charge in [-0.3, -0.25) is 4.79 Å². The Balaban J connectivity index is 1.92. The molecule has 3 heterocycles. The van der Waals surface area contributed by atoms with Gasteiger partial charge in [0.15, 0.2) is 5.76 Å². The monoisotopic (exact) mass is 353 g/mol. The molecule has 0 atom stereocenters. The number of hydrogen-bond donors (Lipinski definition) is 0. The molecule has 0 spiro atoms. The van der Waals surface area contributed by atoms with Crippen molar-refractivity contribution in [2.45, 2.75) is 27.7 Å². The number of aromatic nitrogens is 4. The standard InChI is InChI=1S/C19H23N5O2/c1-12(2)11-23(5)18(25)15-10-21-24(14(15)4)19-20-9-8-16(22-19)17-7-6-13(3)26-17/h6-10,12H,11H2,1-5H3. The Labute approximate surface area is 152 Å². The number of rotatable bonds is 5. The molecule has 0 saturated carbocycles. The van der Waals surface area contributed by atoms with E-state index in [1.165, 1.54) is 0 Å². The number of amides is 1. The fraction of sp³-hybridized carbons (Fsp3) is 0.368. The number of aryl methyl sites for hydroxylation is 1. The van der Waals surface area contributed by atoms with Crippen LogP contribution in [0, 0.1) is 19.8 Å². The van der Waals surface area contributed by atoms with Crippen LogP contribution in [0.4, 0.5) is 0 Å². The van der Waals surface area contributed by atoms with Gasteiger partial charge < -0.3 is 9.32 Å². The third-order valence-corrected chi connectivity index (χ3v) is 4.05. The predicted octanol–water partition coefficient (Wildman–Crippen LogP) is 3.27. The van der Waals surface area contributed by atoms with Gasteiger partial charge in [0.05, 0.1) is 17.5 Å². The number of carbonyl (C=O) groups excluding carboxylic acids is 1. The van der Waals surface area contributed by atoms with Gasteiger partial charge in [-0.2, -0.15) is 5.10 Å². The average molecular weight is 353 g/mol. The second kappa shape index (κ2) is 7.11. The van der Waals surface area contributed by atoms with Crippen LogP contribution < -0.4 is 0 Å². The first-order valence-corrected chi connectivity index (χ1v) is 8.57. The van der Waals surface area contributed by atoms with E-state index in [0.717, 1.165) is 5.76 Å².